The predicted octanol–water partition coefficient (Wildman–Crippen LogP) is 1.69. The van der Waals surface area contributed by atoms with Gasteiger partial charge < -0.3 is 10.0 Å². The van der Waals surface area contributed by atoms with E-state index < -0.39 is 5.60 Å². The summed E-state index contributed by atoms with van der Waals surface area (Å²) in [5, 5.41) is 19.2. The fourth-order valence-corrected chi connectivity index (χ4v) is 2.47. The van der Waals surface area contributed by atoms with Crippen LogP contribution in [0.5, 0.6) is 0 Å². The minimum absolute atomic E-state index is 0.0319. The molecule has 1 aliphatic rings. The van der Waals surface area contributed by atoms with Crippen molar-refractivity contribution in [3.63, 3.8) is 0 Å². The summed E-state index contributed by atoms with van der Waals surface area (Å²) in [4.78, 5) is 6.34. The molecule has 1 fully saturated rings. The van der Waals surface area contributed by atoms with Gasteiger partial charge in [0, 0.05) is 12.7 Å². The Kier molecular flexibility index (Phi) is 3.03. The lowest BCUT2D eigenvalue weighted by atomic mass is 9.96. The number of anilines is 1. The molecule has 1 atom stereocenters. The summed E-state index contributed by atoms with van der Waals surface area (Å²) in [5.74, 6) is 0.694. The van der Waals surface area contributed by atoms with Crippen molar-refractivity contribution in [3.8, 4) is 6.07 Å². The highest BCUT2D eigenvalue weighted by Crippen LogP contribution is 2.31. The highest BCUT2D eigenvalue weighted by molar-refractivity contribution is 5.55. The van der Waals surface area contributed by atoms with Gasteiger partial charge in [0.05, 0.1) is 17.2 Å². The zero-order valence-electron chi connectivity index (χ0n) is 10.2. The van der Waals surface area contributed by atoms with Gasteiger partial charge in [-0.05, 0) is 38.8 Å². The summed E-state index contributed by atoms with van der Waals surface area (Å²) in [6.45, 7) is 4.47. The van der Waals surface area contributed by atoms with E-state index in [1.54, 1.807) is 18.3 Å². The Bertz CT molecular complexity index is 445. The largest absolute Gasteiger partial charge is 0.388 e. The van der Waals surface area contributed by atoms with Crippen LogP contribution in [0.4, 0.5) is 5.82 Å². The molecule has 1 N–H and O–H groups in total. The van der Waals surface area contributed by atoms with E-state index in [1.807, 2.05) is 13.8 Å². The SMILES string of the molecule is CC(C)(O)[C@H]1CCCN1c1ncccc1C#N. The summed E-state index contributed by atoms with van der Waals surface area (Å²) in [7, 11) is 0. The van der Waals surface area contributed by atoms with Crippen LogP contribution in [0, 0.1) is 11.3 Å². The molecule has 0 spiro atoms. The van der Waals surface area contributed by atoms with Crippen LogP contribution in [-0.2, 0) is 0 Å². The van der Waals surface area contributed by atoms with Gasteiger partial charge in [0.2, 0.25) is 0 Å². The zero-order chi connectivity index (χ0) is 12.5. The maximum absolute atomic E-state index is 10.2. The number of nitriles is 1. The first kappa shape index (κ1) is 11.9. The number of rotatable bonds is 2. The molecule has 4 heteroatoms. The van der Waals surface area contributed by atoms with Gasteiger partial charge in [0.25, 0.3) is 0 Å². The third-order valence-corrected chi connectivity index (χ3v) is 3.25. The van der Waals surface area contributed by atoms with Crippen LogP contribution in [0.25, 0.3) is 0 Å². The van der Waals surface area contributed by atoms with E-state index in [0.717, 1.165) is 19.4 Å². The second-order valence-corrected chi connectivity index (χ2v) is 4.99. The molecule has 0 unspecified atom stereocenters. The van der Waals surface area contributed by atoms with Gasteiger partial charge in [-0.1, -0.05) is 0 Å². The molecule has 0 amide bonds. The molecule has 1 aromatic heterocycles. The van der Waals surface area contributed by atoms with E-state index >= 15 is 0 Å². The third kappa shape index (κ3) is 2.25. The highest BCUT2D eigenvalue weighted by Gasteiger charge is 2.37. The normalized spacial score (nSPS) is 20.4. The van der Waals surface area contributed by atoms with Crippen molar-refractivity contribution in [2.75, 3.05) is 11.4 Å². The maximum atomic E-state index is 10.2. The molecule has 0 bridgehead atoms. The summed E-state index contributed by atoms with van der Waals surface area (Å²) >= 11 is 0. The average molecular weight is 231 g/mol. The van der Waals surface area contributed by atoms with E-state index in [9.17, 15) is 5.11 Å². The topological polar surface area (TPSA) is 60.1 Å². The molecule has 0 radical (unpaired) electrons. The van der Waals surface area contributed by atoms with Gasteiger partial charge in [0.1, 0.15) is 11.9 Å². The van der Waals surface area contributed by atoms with Crippen LogP contribution in [0.3, 0.4) is 0 Å². The molecular weight excluding hydrogens is 214 g/mol. The van der Waals surface area contributed by atoms with Crippen LogP contribution in [0.15, 0.2) is 18.3 Å². The number of aromatic nitrogens is 1. The van der Waals surface area contributed by atoms with Crippen molar-refractivity contribution in [1.82, 2.24) is 4.98 Å². The van der Waals surface area contributed by atoms with Gasteiger partial charge in [-0.3, -0.25) is 0 Å². The first-order valence-electron chi connectivity index (χ1n) is 5.88. The molecule has 2 heterocycles. The number of hydrogen-bond acceptors (Lipinski definition) is 4. The van der Waals surface area contributed by atoms with Crippen LogP contribution >= 0.6 is 0 Å². The van der Waals surface area contributed by atoms with Crippen molar-refractivity contribution >= 4 is 5.82 Å². The average Bonchev–Trinajstić information content (AvgIpc) is 2.77. The first-order valence-corrected chi connectivity index (χ1v) is 5.88. The molecule has 90 valence electrons. The highest BCUT2D eigenvalue weighted by atomic mass is 16.3. The Labute approximate surface area is 102 Å². The van der Waals surface area contributed by atoms with E-state index in [2.05, 4.69) is 16.0 Å². The van der Waals surface area contributed by atoms with Gasteiger partial charge in [-0.2, -0.15) is 5.26 Å². The lowest BCUT2D eigenvalue weighted by molar-refractivity contribution is 0.0533. The van der Waals surface area contributed by atoms with Crippen molar-refractivity contribution in [2.45, 2.75) is 38.3 Å². The Hall–Kier alpha value is -1.60. The van der Waals surface area contributed by atoms with E-state index in [4.69, 9.17) is 5.26 Å². The maximum Gasteiger partial charge on any atom is 0.146 e. The van der Waals surface area contributed by atoms with Crippen molar-refractivity contribution < 1.29 is 5.11 Å². The minimum atomic E-state index is -0.777. The second-order valence-electron chi connectivity index (χ2n) is 4.99. The Morgan fingerprint density at radius 3 is 3.00 bits per heavy atom. The van der Waals surface area contributed by atoms with Crippen LogP contribution in [-0.4, -0.2) is 28.3 Å². The van der Waals surface area contributed by atoms with E-state index in [0.29, 0.717) is 11.4 Å². The first-order chi connectivity index (χ1) is 8.04. The number of nitrogens with zero attached hydrogens (tertiary/aromatic N) is 3. The summed E-state index contributed by atoms with van der Waals surface area (Å²) in [5.41, 5.74) is -0.204. The second kappa shape index (κ2) is 4.34. The van der Waals surface area contributed by atoms with Gasteiger partial charge in [0.15, 0.2) is 0 Å². The smallest absolute Gasteiger partial charge is 0.146 e. The summed E-state index contributed by atoms with van der Waals surface area (Å²) in [6, 6.07) is 5.72. The van der Waals surface area contributed by atoms with Crippen LogP contribution < -0.4 is 4.90 Å². The third-order valence-electron chi connectivity index (χ3n) is 3.25. The quantitative estimate of drug-likeness (QED) is 0.841. The van der Waals surface area contributed by atoms with E-state index in [-0.39, 0.29) is 6.04 Å². The monoisotopic (exact) mass is 231 g/mol. The Balaban J connectivity index is 2.37. The minimum Gasteiger partial charge on any atom is -0.388 e. The van der Waals surface area contributed by atoms with Crippen LogP contribution in [0.1, 0.15) is 32.3 Å². The fraction of sp³-hybridized carbons (Fsp3) is 0.538. The van der Waals surface area contributed by atoms with Gasteiger partial charge >= 0.3 is 0 Å². The molecule has 1 aliphatic heterocycles. The Morgan fingerprint density at radius 1 is 1.59 bits per heavy atom. The predicted molar refractivity (Wildman–Crippen MR) is 65.6 cm³/mol. The molecule has 4 nitrogen and oxygen atoms in total. The van der Waals surface area contributed by atoms with Gasteiger partial charge in [-0.15, -0.1) is 0 Å². The zero-order valence-corrected chi connectivity index (χ0v) is 10.2. The number of hydrogen-bond donors (Lipinski definition) is 1. The van der Waals surface area contributed by atoms with Crippen molar-refractivity contribution in [2.24, 2.45) is 0 Å². The lowest BCUT2D eigenvalue weighted by Gasteiger charge is -2.34. The molecule has 17 heavy (non-hydrogen) atoms. The molecule has 0 aliphatic carbocycles. The van der Waals surface area contributed by atoms with Crippen molar-refractivity contribution in [1.29, 1.82) is 5.26 Å². The standard InChI is InChI=1S/C13H17N3O/c1-13(2,17)11-6-4-8-16(11)12-10(9-14)5-3-7-15-12/h3,5,7,11,17H,4,6,8H2,1-2H3/t11-/m1/s1. The number of aliphatic hydroxyl groups is 1. The molecule has 1 saturated heterocycles. The summed E-state index contributed by atoms with van der Waals surface area (Å²) < 4.78 is 0. The van der Waals surface area contributed by atoms with E-state index in [1.165, 1.54) is 0 Å². The van der Waals surface area contributed by atoms with Crippen LogP contribution in [0.2, 0.25) is 0 Å². The fourth-order valence-electron chi connectivity index (χ4n) is 2.47. The molecule has 2 rings (SSSR count). The van der Waals surface area contributed by atoms with Gasteiger partial charge in [-0.25, -0.2) is 4.98 Å². The number of pyridine rings is 1. The molecular formula is C13H17N3O. The summed E-state index contributed by atoms with van der Waals surface area (Å²) in [6.07, 6.45) is 3.65. The molecule has 1 aromatic rings. The Morgan fingerprint density at radius 2 is 2.35 bits per heavy atom. The molecule has 0 aromatic carbocycles. The lowest BCUT2D eigenvalue weighted by Crippen LogP contribution is -2.46. The molecule has 0 saturated carbocycles. The van der Waals surface area contributed by atoms with Crippen molar-refractivity contribution in [3.05, 3.63) is 23.9 Å².